The highest BCUT2D eigenvalue weighted by atomic mass is 79.9. The van der Waals surface area contributed by atoms with Crippen molar-refractivity contribution in [1.82, 2.24) is 9.97 Å². The second-order valence-corrected chi connectivity index (χ2v) is 4.72. The number of anilines is 1. The Balaban J connectivity index is 2.06. The third-order valence-electron chi connectivity index (χ3n) is 2.78. The van der Waals surface area contributed by atoms with Crippen LogP contribution in [0, 0.1) is 0 Å². The number of nitrogens with zero attached hydrogens (tertiary/aromatic N) is 3. The minimum atomic E-state index is 0.349. The van der Waals surface area contributed by atoms with E-state index < -0.39 is 0 Å². The first kappa shape index (κ1) is 11.8. The number of hydrogen-bond acceptors (Lipinski definition) is 4. The third-order valence-corrected chi connectivity index (χ3v) is 3.34. The fourth-order valence-electron chi connectivity index (χ4n) is 1.94. The van der Waals surface area contributed by atoms with Crippen molar-refractivity contribution in [1.29, 1.82) is 0 Å². The van der Waals surface area contributed by atoms with Crippen molar-refractivity contribution in [2.24, 2.45) is 0 Å². The van der Waals surface area contributed by atoms with E-state index in [1.54, 1.807) is 12.5 Å². The van der Waals surface area contributed by atoms with Crippen LogP contribution >= 0.6 is 15.9 Å². The molecule has 0 saturated carbocycles. The molecule has 88 valence electrons. The summed E-state index contributed by atoms with van der Waals surface area (Å²) in [6, 6.07) is 0. The standard InChI is InChI=1S/C11H16BrN3O/c1-2-15(7-9-4-3-5-16-9)11-10(12)6-13-8-14-11/h6,8-9H,2-5,7H2,1H3. The topological polar surface area (TPSA) is 38.2 Å². The maximum Gasteiger partial charge on any atom is 0.146 e. The molecule has 16 heavy (non-hydrogen) atoms. The number of likely N-dealkylation sites (N-methyl/N-ethyl adjacent to an activating group) is 1. The Labute approximate surface area is 104 Å². The Hall–Kier alpha value is -0.680. The Bertz CT molecular complexity index is 342. The fraction of sp³-hybridized carbons (Fsp3) is 0.636. The van der Waals surface area contributed by atoms with Crippen molar-refractivity contribution >= 4 is 21.7 Å². The average Bonchev–Trinajstić information content (AvgIpc) is 2.80. The van der Waals surface area contributed by atoms with Crippen molar-refractivity contribution in [3.63, 3.8) is 0 Å². The smallest absolute Gasteiger partial charge is 0.146 e. The first-order valence-corrected chi connectivity index (χ1v) is 6.42. The first-order chi connectivity index (χ1) is 7.81. The molecule has 1 fully saturated rings. The molecular formula is C11H16BrN3O. The molecule has 0 bridgehead atoms. The lowest BCUT2D eigenvalue weighted by atomic mass is 10.2. The lowest BCUT2D eigenvalue weighted by Crippen LogP contribution is -2.32. The van der Waals surface area contributed by atoms with E-state index in [-0.39, 0.29) is 0 Å². The summed E-state index contributed by atoms with van der Waals surface area (Å²) in [4.78, 5) is 10.5. The number of hydrogen-bond donors (Lipinski definition) is 0. The summed E-state index contributed by atoms with van der Waals surface area (Å²) in [5.74, 6) is 0.952. The van der Waals surface area contributed by atoms with Crippen LogP contribution in [0.4, 0.5) is 5.82 Å². The van der Waals surface area contributed by atoms with Crippen LogP contribution in [0.15, 0.2) is 17.0 Å². The predicted octanol–water partition coefficient (Wildman–Crippen LogP) is 2.24. The molecule has 1 aliphatic rings. The van der Waals surface area contributed by atoms with Crippen molar-refractivity contribution in [3.8, 4) is 0 Å². The van der Waals surface area contributed by atoms with Gasteiger partial charge in [-0.2, -0.15) is 0 Å². The van der Waals surface area contributed by atoms with Crippen LogP contribution in [0.5, 0.6) is 0 Å². The third kappa shape index (κ3) is 2.71. The molecule has 1 aromatic heterocycles. The number of rotatable bonds is 4. The molecule has 1 atom stereocenters. The molecule has 1 aromatic rings. The highest BCUT2D eigenvalue weighted by Crippen LogP contribution is 2.23. The van der Waals surface area contributed by atoms with E-state index >= 15 is 0 Å². The van der Waals surface area contributed by atoms with Gasteiger partial charge in [0.15, 0.2) is 0 Å². The lowest BCUT2D eigenvalue weighted by Gasteiger charge is -2.25. The van der Waals surface area contributed by atoms with Crippen LogP contribution in [0.1, 0.15) is 19.8 Å². The zero-order valence-corrected chi connectivity index (χ0v) is 11.0. The van der Waals surface area contributed by atoms with Gasteiger partial charge in [-0.3, -0.25) is 0 Å². The van der Waals surface area contributed by atoms with Gasteiger partial charge in [-0.1, -0.05) is 0 Å². The van der Waals surface area contributed by atoms with E-state index in [9.17, 15) is 0 Å². The van der Waals surface area contributed by atoms with Crippen molar-refractivity contribution < 1.29 is 4.74 Å². The van der Waals surface area contributed by atoms with Gasteiger partial charge in [0.05, 0.1) is 10.6 Å². The normalized spacial score (nSPS) is 20.0. The Morgan fingerprint density at radius 1 is 1.62 bits per heavy atom. The van der Waals surface area contributed by atoms with Gasteiger partial charge in [-0.05, 0) is 35.7 Å². The van der Waals surface area contributed by atoms with Gasteiger partial charge >= 0.3 is 0 Å². The first-order valence-electron chi connectivity index (χ1n) is 5.63. The quantitative estimate of drug-likeness (QED) is 0.851. The van der Waals surface area contributed by atoms with E-state index in [1.807, 2.05) is 0 Å². The molecule has 2 rings (SSSR count). The van der Waals surface area contributed by atoms with E-state index in [0.29, 0.717) is 6.10 Å². The van der Waals surface area contributed by atoms with Crippen LogP contribution < -0.4 is 4.90 Å². The van der Waals surface area contributed by atoms with Crippen LogP contribution in [-0.2, 0) is 4.74 Å². The molecule has 0 radical (unpaired) electrons. The largest absolute Gasteiger partial charge is 0.376 e. The average molecular weight is 286 g/mol. The number of aromatic nitrogens is 2. The Kier molecular flexibility index (Phi) is 4.12. The molecule has 0 N–H and O–H groups in total. The van der Waals surface area contributed by atoms with Gasteiger partial charge in [-0.25, -0.2) is 9.97 Å². The van der Waals surface area contributed by atoms with Crippen LogP contribution in [-0.4, -0.2) is 35.8 Å². The molecule has 1 saturated heterocycles. The van der Waals surface area contributed by atoms with Crippen LogP contribution in [0.25, 0.3) is 0 Å². The van der Waals surface area contributed by atoms with Gasteiger partial charge in [-0.15, -0.1) is 0 Å². The Morgan fingerprint density at radius 3 is 3.12 bits per heavy atom. The van der Waals surface area contributed by atoms with E-state index in [1.165, 1.54) is 6.42 Å². The second-order valence-electron chi connectivity index (χ2n) is 3.87. The minimum Gasteiger partial charge on any atom is -0.376 e. The predicted molar refractivity (Wildman–Crippen MR) is 66.6 cm³/mol. The van der Waals surface area contributed by atoms with Gasteiger partial charge < -0.3 is 9.64 Å². The van der Waals surface area contributed by atoms with Crippen molar-refractivity contribution in [3.05, 3.63) is 17.0 Å². The van der Waals surface area contributed by atoms with Crippen molar-refractivity contribution in [2.75, 3.05) is 24.6 Å². The summed E-state index contributed by atoms with van der Waals surface area (Å²) in [5, 5.41) is 0. The summed E-state index contributed by atoms with van der Waals surface area (Å²) in [5.41, 5.74) is 0. The zero-order chi connectivity index (χ0) is 11.4. The molecule has 0 aromatic carbocycles. The minimum absolute atomic E-state index is 0.349. The van der Waals surface area contributed by atoms with E-state index in [0.717, 1.165) is 36.4 Å². The molecule has 2 heterocycles. The maximum atomic E-state index is 5.65. The molecule has 4 nitrogen and oxygen atoms in total. The SMILES string of the molecule is CCN(CC1CCCO1)c1ncncc1Br. The van der Waals surface area contributed by atoms with E-state index in [2.05, 4.69) is 37.7 Å². The number of ether oxygens (including phenoxy) is 1. The van der Waals surface area contributed by atoms with E-state index in [4.69, 9.17) is 4.74 Å². The molecule has 1 aliphatic heterocycles. The molecular weight excluding hydrogens is 270 g/mol. The van der Waals surface area contributed by atoms with Crippen molar-refractivity contribution in [2.45, 2.75) is 25.9 Å². The summed E-state index contributed by atoms with van der Waals surface area (Å²) in [7, 11) is 0. The van der Waals surface area contributed by atoms with Crippen LogP contribution in [0.3, 0.4) is 0 Å². The molecule has 0 aliphatic carbocycles. The summed E-state index contributed by atoms with van der Waals surface area (Å²) in [6.45, 7) is 4.86. The Morgan fingerprint density at radius 2 is 2.50 bits per heavy atom. The highest BCUT2D eigenvalue weighted by molar-refractivity contribution is 9.10. The molecule has 5 heteroatoms. The monoisotopic (exact) mass is 285 g/mol. The van der Waals surface area contributed by atoms with Gasteiger partial charge in [0.2, 0.25) is 0 Å². The highest BCUT2D eigenvalue weighted by Gasteiger charge is 2.20. The summed E-state index contributed by atoms with van der Waals surface area (Å²) >= 11 is 3.48. The summed E-state index contributed by atoms with van der Waals surface area (Å²) in [6.07, 6.45) is 6.03. The van der Waals surface area contributed by atoms with Gasteiger partial charge in [0.25, 0.3) is 0 Å². The molecule has 1 unspecified atom stereocenters. The maximum absolute atomic E-state index is 5.65. The second kappa shape index (κ2) is 5.59. The molecule has 0 spiro atoms. The zero-order valence-electron chi connectivity index (χ0n) is 9.40. The lowest BCUT2D eigenvalue weighted by molar-refractivity contribution is 0.115. The summed E-state index contributed by atoms with van der Waals surface area (Å²) < 4.78 is 6.59. The number of halogens is 1. The van der Waals surface area contributed by atoms with Gasteiger partial charge in [0.1, 0.15) is 12.1 Å². The molecule has 0 amide bonds. The van der Waals surface area contributed by atoms with Gasteiger partial charge in [0, 0.05) is 25.9 Å². The fourth-order valence-corrected chi connectivity index (χ4v) is 2.41. The van der Waals surface area contributed by atoms with Crippen LogP contribution in [0.2, 0.25) is 0 Å².